The molecule has 0 aromatic heterocycles. The van der Waals surface area contributed by atoms with E-state index in [1.807, 2.05) is 0 Å². The topological polar surface area (TPSA) is 69.2 Å². The maximum atomic E-state index is 10.6. The van der Waals surface area contributed by atoms with Gasteiger partial charge in [0, 0.05) is 12.1 Å². The second-order valence-corrected chi connectivity index (χ2v) is 3.50. The third-order valence-electron chi connectivity index (χ3n) is 1.90. The molecule has 0 saturated heterocycles. The molecule has 13 heavy (non-hydrogen) atoms. The first-order valence-electron chi connectivity index (χ1n) is 3.70. The SMILES string of the molecule is Cc1c(CN)ccc(Br)c1[N+](=O)[O-]. The molecule has 0 fully saturated rings. The smallest absolute Gasteiger partial charge is 0.286 e. The number of hydrogen-bond acceptors (Lipinski definition) is 3. The van der Waals surface area contributed by atoms with Crippen molar-refractivity contribution in [3.8, 4) is 0 Å². The molecule has 1 aromatic rings. The minimum Gasteiger partial charge on any atom is -0.326 e. The molecule has 0 unspecified atom stereocenters. The molecule has 0 aliphatic rings. The van der Waals surface area contributed by atoms with Gasteiger partial charge < -0.3 is 5.73 Å². The Labute approximate surface area is 84.0 Å². The van der Waals surface area contributed by atoms with E-state index in [1.165, 1.54) is 0 Å². The van der Waals surface area contributed by atoms with Gasteiger partial charge >= 0.3 is 0 Å². The molecule has 1 aromatic carbocycles. The van der Waals surface area contributed by atoms with Crippen molar-refractivity contribution in [3.05, 3.63) is 37.8 Å². The number of rotatable bonds is 2. The van der Waals surface area contributed by atoms with Crippen molar-refractivity contribution in [1.29, 1.82) is 0 Å². The number of benzene rings is 1. The summed E-state index contributed by atoms with van der Waals surface area (Å²) in [7, 11) is 0. The molecule has 2 N–H and O–H groups in total. The summed E-state index contributed by atoms with van der Waals surface area (Å²) in [6.07, 6.45) is 0. The highest BCUT2D eigenvalue weighted by molar-refractivity contribution is 9.10. The molecule has 1 rings (SSSR count). The Morgan fingerprint density at radius 1 is 1.62 bits per heavy atom. The van der Waals surface area contributed by atoms with Crippen LogP contribution in [0.1, 0.15) is 11.1 Å². The quantitative estimate of drug-likeness (QED) is 0.640. The molecule has 0 bridgehead atoms. The molecule has 0 radical (unpaired) electrons. The normalized spacial score (nSPS) is 10.1. The highest BCUT2D eigenvalue weighted by Gasteiger charge is 2.17. The van der Waals surface area contributed by atoms with Crippen LogP contribution in [0.15, 0.2) is 16.6 Å². The molecule has 70 valence electrons. The monoisotopic (exact) mass is 244 g/mol. The first kappa shape index (κ1) is 10.1. The minimum atomic E-state index is -0.404. The van der Waals surface area contributed by atoms with Crippen molar-refractivity contribution in [1.82, 2.24) is 0 Å². The van der Waals surface area contributed by atoms with Crippen LogP contribution in [0.4, 0.5) is 5.69 Å². The number of hydrogen-bond donors (Lipinski definition) is 1. The van der Waals surface area contributed by atoms with Crippen LogP contribution in [0.25, 0.3) is 0 Å². The Morgan fingerprint density at radius 2 is 2.23 bits per heavy atom. The van der Waals surface area contributed by atoms with Crippen molar-refractivity contribution in [2.75, 3.05) is 0 Å². The lowest BCUT2D eigenvalue weighted by Crippen LogP contribution is -2.02. The van der Waals surface area contributed by atoms with E-state index < -0.39 is 4.92 Å². The fourth-order valence-electron chi connectivity index (χ4n) is 1.15. The van der Waals surface area contributed by atoms with E-state index in [0.29, 0.717) is 16.6 Å². The van der Waals surface area contributed by atoms with Gasteiger partial charge in [-0.05, 0) is 34.5 Å². The molecular formula is C8H9BrN2O2. The largest absolute Gasteiger partial charge is 0.326 e. The van der Waals surface area contributed by atoms with Crippen LogP contribution in [0, 0.1) is 17.0 Å². The fourth-order valence-corrected chi connectivity index (χ4v) is 1.73. The third kappa shape index (κ3) is 1.87. The molecule has 0 spiro atoms. The maximum Gasteiger partial charge on any atom is 0.286 e. The molecular weight excluding hydrogens is 236 g/mol. The van der Waals surface area contributed by atoms with Crippen molar-refractivity contribution < 1.29 is 4.92 Å². The summed E-state index contributed by atoms with van der Waals surface area (Å²) in [5.41, 5.74) is 6.96. The first-order valence-corrected chi connectivity index (χ1v) is 4.49. The zero-order valence-corrected chi connectivity index (χ0v) is 8.67. The van der Waals surface area contributed by atoms with Gasteiger partial charge in [0.15, 0.2) is 0 Å². The van der Waals surface area contributed by atoms with E-state index in [-0.39, 0.29) is 5.69 Å². The summed E-state index contributed by atoms with van der Waals surface area (Å²) < 4.78 is 0.493. The van der Waals surface area contributed by atoms with Crippen LogP contribution < -0.4 is 5.73 Å². The number of nitrogens with zero attached hydrogens (tertiary/aromatic N) is 1. The van der Waals surface area contributed by atoms with Gasteiger partial charge in [0.25, 0.3) is 5.69 Å². The Kier molecular flexibility index (Phi) is 3.00. The van der Waals surface area contributed by atoms with E-state index in [4.69, 9.17) is 5.73 Å². The van der Waals surface area contributed by atoms with Crippen LogP contribution >= 0.6 is 15.9 Å². The van der Waals surface area contributed by atoms with Crippen molar-refractivity contribution in [2.45, 2.75) is 13.5 Å². The first-order chi connectivity index (χ1) is 6.07. The van der Waals surface area contributed by atoms with Gasteiger partial charge in [0.05, 0.1) is 9.40 Å². The van der Waals surface area contributed by atoms with Gasteiger partial charge in [-0.1, -0.05) is 6.07 Å². The summed E-state index contributed by atoms with van der Waals surface area (Å²) >= 11 is 3.13. The highest BCUT2D eigenvalue weighted by Crippen LogP contribution is 2.30. The molecule has 4 nitrogen and oxygen atoms in total. The number of nitrogens with two attached hydrogens (primary N) is 1. The molecule has 0 amide bonds. The van der Waals surface area contributed by atoms with Crippen LogP contribution in [-0.4, -0.2) is 4.92 Å². The van der Waals surface area contributed by atoms with E-state index >= 15 is 0 Å². The Balaban J connectivity index is 3.38. The predicted octanol–water partition coefficient (Wildman–Crippen LogP) is 2.12. The summed E-state index contributed by atoms with van der Waals surface area (Å²) in [6, 6.07) is 3.43. The summed E-state index contributed by atoms with van der Waals surface area (Å²) in [5, 5.41) is 10.6. The molecule has 5 heteroatoms. The molecule has 0 atom stereocenters. The van der Waals surface area contributed by atoms with E-state index in [0.717, 1.165) is 5.56 Å². The van der Waals surface area contributed by atoms with E-state index in [2.05, 4.69) is 15.9 Å². The summed E-state index contributed by atoms with van der Waals surface area (Å²) in [6.45, 7) is 2.02. The Morgan fingerprint density at radius 3 is 2.69 bits per heavy atom. The number of nitro benzene ring substituents is 1. The highest BCUT2D eigenvalue weighted by atomic mass is 79.9. The molecule has 0 saturated carbocycles. The minimum absolute atomic E-state index is 0.1000. The maximum absolute atomic E-state index is 10.6. The molecule has 0 aliphatic heterocycles. The van der Waals surface area contributed by atoms with Crippen LogP contribution in [0.2, 0.25) is 0 Å². The van der Waals surface area contributed by atoms with E-state index in [1.54, 1.807) is 19.1 Å². The lowest BCUT2D eigenvalue weighted by molar-refractivity contribution is -0.386. The lowest BCUT2D eigenvalue weighted by Gasteiger charge is -2.04. The second-order valence-electron chi connectivity index (χ2n) is 2.64. The van der Waals surface area contributed by atoms with Gasteiger partial charge in [-0.15, -0.1) is 0 Å². The second kappa shape index (κ2) is 3.85. The predicted molar refractivity (Wildman–Crippen MR) is 53.4 cm³/mol. The van der Waals surface area contributed by atoms with Crippen molar-refractivity contribution in [3.63, 3.8) is 0 Å². The van der Waals surface area contributed by atoms with Crippen LogP contribution in [0.5, 0.6) is 0 Å². The average Bonchev–Trinajstić information content (AvgIpc) is 2.04. The summed E-state index contributed by atoms with van der Waals surface area (Å²) in [5.74, 6) is 0. The van der Waals surface area contributed by atoms with Gasteiger partial charge in [-0.3, -0.25) is 10.1 Å². The zero-order valence-electron chi connectivity index (χ0n) is 7.08. The molecule has 0 heterocycles. The van der Waals surface area contributed by atoms with Gasteiger partial charge in [-0.2, -0.15) is 0 Å². The van der Waals surface area contributed by atoms with E-state index in [9.17, 15) is 10.1 Å². The van der Waals surface area contributed by atoms with Crippen molar-refractivity contribution in [2.24, 2.45) is 5.73 Å². The number of halogens is 1. The average molecular weight is 245 g/mol. The fraction of sp³-hybridized carbons (Fsp3) is 0.250. The zero-order chi connectivity index (χ0) is 10.0. The van der Waals surface area contributed by atoms with Gasteiger partial charge in [0.2, 0.25) is 0 Å². The van der Waals surface area contributed by atoms with Crippen molar-refractivity contribution >= 4 is 21.6 Å². The lowest BCUT2D eigenvalue weighted by atomic mass is 10.1. The Hall–Kier alpha value is -0.940. The standard InChI is InChI=1S/C8H9BrN2O2/c1-5-6(4-10)2-3-7(9)8(5)11(12)13/h2-3H,4,10H2,1H3. The van der Waals surface area contributed by atoms with Crippen LogP contribution in [-0.2, 0) is 6.54 Å². The Bertz CT molecular complexity index is 352. The molecule has 0 aliphatic carbocycles. The van der Waals surface area contributed by atoms with Gasteiger partial charge in [-0.25, -0.2) is 0 Å². The summed E-state index contributed by atoms with van der Waals surface area (Å²) in [4.78, 5) is 10.2. The number of nitro groups is 1. The third-order valence-corrected chi connectivity index (χ3v) is 2.54. The van der Waals surface area contributed by atoms with Crippen LogP contribution in [0.3, 0.4) is 0 Å². The van der Waals surface area contributed by atoms with Gasteiger partial charge in [0.1, 0.15) is 0 Å².